The smallest absolute Gasteiger partial charge is 0.319 e. The summed E-state index contributed by atoms with van der Waals surface area (Å²) < 4.78 is 10.3. The van der Waals surface area contributed by atoms with Crippen LogP contribution in [0.25, 0.3) is 11.3 Å². The lowest BCUT2D eigenvalue weighted by Crippen LogP contribution is -2.00. The van der Waals surface area contributed by atoms with Gasteiger partial charge >= 0.3 is 6.01 Å². The van der Waals surface area contributed by atoms with Crippen molar-refractivity contribution in [2.45, 2.75) is 0 Å². The minimum absolute atomic E-state index is 0.233. The van der Waals surface area contributed by atoms with Crippen LogP contribution in [-0.2, 0) is 0 Å². The number of hydrogen-bond donors (Lipinski definition) is 1. The van der Waals surface area contributed by atoms with E-state index < -0.39 is 0 Å². The van der Waals surface area contributed by atoms with Gasteiger partial charge in [-0.15, -0.1) is 0 Å². The van der Waals surface area contributed by atoms with Gasteiger partial charge in [-0.1, -0.05) is 18.2 Å². The van der Waals surface area contributed by atoms with Crippen LogP contribution in [0.15, 0.2) is 48.9 Å². The van der Waals surface area contributed by atoms with E-state index in [9.17, 15) is 0 Å². The summed E-state index contributed by atoms with van der Waals surface area (Å²) in [5.74, 6) is 0.995. The van der Waals surface area contributed by atoms with Crippen LogP contribution in [0.2, 0.25) is 0 Å². The first-order valence-electron chi connectivity index (χ1n) is 6.89. The van der Waals surface area contributed by atoms with Crippen LogP contribution in [-0.4, -0.2) is 34.2 Å². The van der Waals surface area contributed by atoms with Crippen LogP contribution in [0.5, 0.6) is 11.9 Å². The van der Waals surface area contributed by atoms with Gasteiger partial charge in [-0.3, -0.25) is 4.98 Å². The second kappa shape index (κ2) is 6.69. The molecule has 0 radical (unpaired) electrons. The summed E-state index contributed by atoms with van der Waals surface area (Å²) >= 11 is 0. The van der Waals surface area contributed by atoms with Gasteiger partial charge in [-0.2, -0.15) is 4.98 Å². The van der Waals surface area contributed by atoms with Crippen molar-refractivity contribution >= 4 is 11.5 Å². The van der Waals surface area contributed by atoms with Crippen molar-refractivity contribution in [3.05, 3.63) is 48.9 Å². The van der Waals surface area contributed by atoms with Crippen molar-refractivity contribution in [3.63, 3.8) is 0 Å². The number of benzene rings is 1. The summed E-state index contributed by atoms with van der Waals surface area (Å²) in [5.41, 5.74) is 2.17. The molecule has 0 aliphatic carbocycles. The highest BCUT2D eigenvalue weighted by Gasteiger charge is 2.12. The molecule has 0 saturated heterocycles. The first-order chi connectivity index (χ1) is 11.3. The monoisotopic (exact) mass is 309 g/mol. The Hall–Kier alpha value is -3.22. The normalized spacial score (nSPS) is 10.2. The summed E-state index contributed by atoms with van der Waals surface area (Å²) in [6.07, 6.45) is 4.87. The average Bonchev–Trinajstić information content (AvgIpc) is 2.62. The lowest BCUT2D eigenvalue weighted by Gasteiger charge is -2.09. The Morgan fingerprint density at radius 2 is 1.74 bits per heavy atom. The van der Waals surface area contributed by atoms with Gasteiger partial charge in [-0.25, -0.2) is 9.97 Å². The predicted octanol–water partition coefficient (Wildman–Crippen LogP) is 2.69. The summed E-state index contributed by atoms with van der Waals surface area (Å²) in [7, 11) is 3.03. The fourth-order valence-electron chi connectivity index (χ4n) is 2.01. The maximum absolute atomic E-state index is 5.28. The van der Waals surface area contributed by atoms with Crippen molar-refractivity contribution < 1.29 is 9.47 Å². The maximum atomic E-state index is 5.28. The topological polar surface area (TPSA) is 82.1 Å². The summed E-state index contributed by atoms with van der Waals surface area (Å²) in [6.45, 7) is 0. The third-order valence-corrected chi connectivity index (χ3v) is 3.06. The molecule has 1 aromatic carbocycles. The molecule has 0 fully saturated rings. The van der Waals surface area contributed by atoms with Crippen LogP contribution in [0.4, 0.5) is 11.5 Å². The highest BCUT2D eigenvalue weighted by Crippen LogP contribution is 2.27. The van der Waals surface area contributed by atoms with Crippen LogP contribution in [0.1, 0.15) is 0 Å². The zero-order chi connectivity index (χ0) is 16.1. The molecule has 3 aromatic rings. The molecule has 7 nitrogen and oxygen atoms in total. The van der Waals surface area contributed by atoms with Gasteiger partial charge < -0.3 is 14.8 Å². The molecule has 23 heavy (non-hydrogen) atoms. The van der Waals surface area contributed by atoms with Gasteiger partial charge in [0.25, 0.3) is 0 Å². The molecule has 2 heterocycles. The van der Waals surface area contributed by atoms with Gasteiger partial charge in [0.2, 0.25) is 5.88 Å². The minimum atomic E-state index is 0.233. The molecule has 1 N–H and O–H groups in total. The highest BCUT2D eigenvalue weighted by molar-refractivity contribution is 5.66. The molecule has 0 atom stereocenters. The fraction of sp³-hybridized carbons (Fsp3) is 0.125. The largest absolute Gasteiger partial charge is 0.480 e. The second-order valence-electron chi connectivity index (χ2n) is 4.56. The Kier molecular flexibility index (Phi) is 4.28. The van der Waals surface area contributed by atoms with Crippen molar-refractivity contribution in [1.82, 2.24) is 19.9 Å². The van der Waals surface area contributed by atoms with Crippen LogP contribution in [0.3, 0.4) is 0 Å². The number of anilines is 2. The van der Waals surface area contributed by atoms with Crippen LogP contribution in [0, 0.1) is 0 Å². The molecule has 0 aliphatic heterocycles. The minimum Gasteiger partial charge on any atom is -0.480 e. The molecule has 3 rings (SSSR count). The lowest BCUT2D eigenvalue weighted by molar-refractivity contribution is 0.353. The molecular formula is C16H15N5O2. The van der Waals surface area contributed by atoms with Crippen LogP contribution < -0.4 is 14.8 Å². The number of nitrogens with zero attached hydrogens (tertiary/aromatic N) is 4. The lowest BCUT2D eigenvalue weighted by atomic mass is 10.2. The van der Waals surface area contributed by atoms with Gasteiger partial charge in [0, 0.05) is 11.9 Å². The quantitative estimate of drug-likeness (QED) is 0.776. The third kappa shape index (κ3) is 3.34. The molecule has 0 aliphatic rings. The number of para-hydroxylation sites is 1. The van der Waals surface area contributed by atoms with E-state index in [-0.39, 0.29) is 6.01 Å². The Morgan fingerprint density at radius 1 is 0.913 bits per heavy atom. The van der Waals surface area contributed by atoms with E-state index in [2.05, 4.69) is 25.3 Å². The number of hydrogen-bond acceptors (Lipinski definition) is 7. The average molecular weight is 309 g/mol. The molecule has 0 bridgehead atoms. The molecule has 7 heteroatoms. The number of ether oxygens (including phenoxy) is 2. The van der Waals surface area contributed by atoms with Gasteiger partial charge in [0.05, 0.1) is 37.9 Å². The molecule has 0 unspecified atom stereocenters. The van der Waals surface area contributed by atoms with E-state index in [1.807, 2.05) is 30.3 Å². The van der Waals surface area contributed by atoms with Crippen LogP contribution >= 0.6 is 0 Å². The maximum Gasteiger partial charge on any atom is 0.319 e. The second-order valence-corrected chi connectivity index (χ2v) is 4.56. The van der Waals surface area contributed by atoms with E-state index in [4.69, 9.17) is 9.47 Å². The van der Waals surface area contributed by atoms with Crippen molar-refractivity contribution in [2.75, 3.05) is 19.5 Å². The molecule has 2 aromatic heterocycles. The predicted molar refractivity (Wildman–Crippen MR) is 85.9 cm³/mol. The third-order valence-electron chi connectivity index (χ3n) is 3.06. The van der Waals surface area contributed by atoms with E-state index in [1.54, 1.807) is 18.6 Å². The summed E-state index contributed by atoms with van der Waals surface area (Å²) in [5, 5.41) is 3.19. The number of nitrogens with one attached hydrogen (secondary N) is 1. The Bertz CT molecular complexity index is 795. The summed E-state index contributed by atoms with van der Waals surface area (Å²) in [4.78, 5) is 17.0. The van der Waals surface area contributed by atoms with E-state index >= 15 is 0 Å². The van der Waals surface area contributed by atoms with E-state index in [0.717, 1.165) is 5.69 Å². The molecule has 116 valence electrons. The SMILES string of the molecule is COc1ncc(-c2cncc(Nc3ccccc3)n2)c(OC)n1. The zero-order valence-corrected chi connectivity index (χ0v) is 12.7. The van der Waals surface area contributed by atoms with Crippen molar-refractivity contribution in [2.24, 2.45) is 0 Å². The summed E-state index contributed by atoms with van der Waals surface area (Å²) in [6, 6.07) is 9.97. The van der Waals surface area contributed by atoms with E-state index in [0.29, 0.717) is 23.0 Å². The standard InChI is InChI=1S/C16H15N5O2/c1-22-15-12(8-18-16(21-15)23-2)13-9-17-10-14(20-13)19-11-6-4-3-5-7-11/h3-10H,1-2H3,(H,19,20). The molecule has 0 saturated carbocycles. The van der Waals surface area contributed by atoms with Crippen molar-refractivity contribution in [3.8, 4) is 23.1 Å². The Morgan fingerprint density at radius 3 is 2.48 bits per heavy atom. The fourth-order valence-corrected chi connectivity index (χ4v) is 2.01. The van der Waals surface area contributed by atoms with Gasteiger partial charge in [0.1, 0.15) is 5.82 Å². The molecular weight excluding hydrogens is 294 g/mol. The van der Waals surface area contributed by atoms with Gasteiger partial charge in [-0.05, 0) is 12.1 Å². The Labute approximate surface area is 133 Å². The molecule has 0 spiro atoms. The molecule has 0 amide bonds. The number of methoxy groups -OCH3 is 2. The number of aromatic nitrogens is 4. The first-order valence-corrected chi connectivity index (χ1v) is 6.89. The van der Waals surface area contributed by atoms with Crippen molar-refractivity contribution in [1.29, 1.82) is 0 Å². The zero-order valence-electron chi connectivity index (χ0n) is 12.7. The Balaban J connectivity index is 1.93. The highest BCUT2D eigenvalue weighted by atomic mass is 16.5. The van der Waals surface area contributed by atoms with Gasteiger partial charge in [0.15, 0.2) is 0 Å². The van der Waals surface area contributed by atoms with E-state index in [1.165, 1.54) is 14.2 Å². The first kappa shape index (κ1) is 14.7. The number of rotatable bonds is 5.